The predicted molar refractivity (Wildman–Crippen MR) is 65.6 cm³/mol. The van der Waals surface area contributed by atoms with Gasteiger partial charge in [0.15, 0.2) is 0 Å². The molecule has 2 unspecified atom stereocenters. The lowest BCUT2D eigenvalue weighted by molar-refractivity contribution is -0.175. The van der Waals surface area contributed by atoms with Crippen molar-refractivity contribution in [2.75, 3.05) is 0 Å². The zero-order valence-electron chi connectivity index (χ0n) is 9.07. The zero-order valence-corrected chi connectivity index (χ0v) is 11.2. The van der Waals surface area contributed by atoms with Crippen LogP contribution in [-0.2, 0) is 0 Å². The minimum absolute atomic E-state index is 0.320. The first-order valence-corrected chi connectivity index (χ1v) is 6.73. The Hall–Kier alpha value is 0.690. The molecule has 4 saturated carbocycles. The van der Waals surface area contributed by atoms with Gasteiger partial charge in [-0.25, -0.2) is 0 Å². The van der Waals surface area contributed by atoms with E-state index in [4.69, 9.17) is 0 Å². The molecular weight excluding hydrogens is 287 g/mol. The number of hydrogen-bond donors (Lipinski definition) is 1. The molecule has 2 heteroatoms. The van der Waals surface area contributed by atoms with Gasteiger partial charge in [-0.15, -0.1) is 0 Å². The first kappa shape index (κ1) is 9.88. The van der Waals surface area contributed by atoms with E-state index in [0.29, 0.717) is 14.3 Å². The molecule has 0 aromatic rings. The number of alkyl halides is 1. The second-order valence-corrected chi connectivity index (χ2v) is 9.35. The van der Waals surface area contributed by atoms with Crippen molar-refractivity contribution in [3.63, 3.8) is 0 Å². The fourth-order valence-electron chi connectivity index (χ4n) is 5.49. The van der Waals surface area contributed by atoms with Crippen LogP contribution >= 0.6 is 22.6 Å². The third kappa shape index (κ3) is 1.29. The van der Waals surface area contributed by atoms with Gasteiger partial charge in [0.2, 0.25) is 0 Å². The lowest BCUT2D eigenvalue weighted by Gasteiger charge is -2.66. The van der Waals surface area contributed by atoms with Crippen molar-refractivity contribution in [3.05, 3.63) is 0 Å². The van der Waals surface area contributed by atoms with Crippen LogP contribution in [0.3, 0.4) is 0 Å². The smallest absolute Gasteiger partial charge is 0.0670 e. The Morgan fingerprint density at radius 1 is 0.857 bits per heavy atom. The quantitative estimate of drug-likeness (QED) is 0.538. The molecule has 4 fully saturated rings. The summed E-state index contributed by atoms with van der Waals surface area (Å²) in [5.74, 6) is 0. The van der Waals surface area contributed by atoms with Crippen molar-refractivity contribution < 1.29 is 5.11 Å². The number of halogens is 1. The monoisotopic (exact) mass is 306 g/mol. The molecule has 0 aromatic carbocycles. The first-order valence-electron chi connectivity index (χ1n) is 5.66. The van der Waals surface area contributed by atoms with Gasteiger partial charge in [-0.1, -0.05) is 36.4 Å². The minimum Gasteiger partial charge on any atom is -0.390 e. The van der Waals surface area contributed by atoms with Crippen LogP contribution in [0.1, 0.15) is 52.4 Å². The molecule has 0 amide bonds. The Bertz CT molecular complexity index is 203. The molecule has 0 radical (unpaired) electrons. The van der Waals surface area contributed by atoms with E-state index in [1.807, 2.05) is 0 Å². The van der Waals surface area contributed by atoms with Crippen molar-refractivity contribution in [1.82, 2.24) is 0 Å². The Morgan fingerprint density at radius 2 is 1.36 bits per heavy atom. The molecule has 1 nitrogen and oxygen atoms in total. The van der Waals surface area contributed by atoms with Crippen molar-refractivity contribution in [1.29, 1.82) is 0 Å². The Balaban J connectivity index is 2.08. The number of hydrogen-bond acceptors (Lipinski definition) is 1. The molecule has 0 spiro atoms. The minimum atomic E-state index is -0.320. The van der Waals surface area contributed by atoms with Gasteiger partial charge in [-0.3, -0.25) is 0 Å². The van der Waals surface area contributed by atoms with Gasteiger partial charge in [0.1, 0.15) is 0 Å². The number of aliphatic hydroxyl groups is 1. The SMILES string of the molecule is CC12CC3(C)CC(O)(C1)CC(I)(C2)C3. The molecule has 0 heterocycles. The van der Waals surface area contributed by atoms with Crippen LogP contribution in [-0.4, -0.2) is 14.1 Å². The maximum atomic E-state index is 10.6. The summed E-state index contributed by atoms with van der Waals surface area (Å²) < 4.78 is 0.408. The molecule has 80 valence electrons. The molecule has 4 aliphatic rings. The molecule has 4 bridgehead atoms. The second-order valence-electron chi connectivity index (χ2n) is 7.06. The normalized spacial score (nSPS) is 66.0. The van der Waals surface area contributed by atoms with Gasteiger partial charge < -0.3 is 5.11 Å². The van der Waals surface area contributed by atoms with Crippen molar-refractivity contribution in [2.45, 2.75) is 61.4 Å². The molecule has 0 saturated heterocycles. The van der Waals surface area contributed by atoms with Crippen LogP contribution in [0.25, 0.3) is 0 Å². The molecule has 4 rings (SSSR count). The Labute approximate surface area is 99.8 Å². The summed E-state index contributed by atoms with van der Waals surface area (Å²) in [6.45, 7) is 4.78. The summed E-state index contributed by atoms with van der Waals surface area (Å²) in [6.07, 6.45) is 7.16. The third-order valence-electron chi connectivity index (χ3n) is 4.50. The molecule has 14 heavy (non-hydrogen) atoms. The van der Waals surface area contributed by atoms with E-state index in [0.717, 1.165) is 19.3 Å². The van der Waals surface area contributed by atoms with E-state index in [1.165, 1.54) is 19.3 Å². The van der Waals surface area contributed by atoms with Gasteiger partial charge in [-0.2, -0.15) is 0 Å². The summed E-state index contributed by atoms with van der Waals surface area (Å²) >= 11 is 2.64. The highest BCUT2D eigenvalue weighted by Crippen LogP contribution is 2.69. The molecular formula is C12H19IO. The largest absolute Gasteiger partial charge is 0.390 e. The van der Waals surface area contributed by atoms with Crippen LogP contribution in [0.4, 0.5) is 0 Å². The first-order chi connectivity index (χ1) is 6.24. The van der Waals surface area contributed by atoms with E-state index < -0.39 is 0 Å². The maximum Gasteiger partial charge on any atom is 0.0670 e. The molecule has 4 aliphatic carbocycles. The Morgan fingerprint density at radius 3 is 1.71 bits per heavy atom. The Kier molecular flexibility index (Phi) is 1.65. The van der Waals surface area contributed by atoms with Crippen LogP contribution < -0.4 is 0 Å². The van der Waals surface area contributed by atoms with Crippen molar-refractivity contribution in [3.8, 4) is 0 Å². The topological polar surface area (TPSA) is 20.2 Å². The lowest BCUT2D eigenvalue weighted by atomic mass is 9.44. The summed E-state index contributed by atoms with van der Waals surface area (Å²) in [7, 11) is 0. The lowest BCUT2D eigenvalue weighted by Crippen LogP contribution is -2.63. The van der Waals surface area contributed by atoms with Crippen LogP contribution in [0.2, 0.25) is 0 Å². The molecule has 0 aliphatic heterocycles. The van der Waals surface area contributed by atoms with Crippen molar-refractivity contribution >= 4 is 22.6 Å². The fourth-order valence-corrected chi connectivity index (χ4v) is 8.04. The van der Waals surface area contributed by atoms with E-state index in [-0.39, 0.29) is 5.60 Å². The van der Waals surface area contributed by atoms with Gasteiger partial charge in [0.25, 0.3) is 0 Å². The van der Waals surface area contributed by atoms with E-state index in [2.05, 4.69) is 36.4 Å². The van der Waals surface area contributed by atoms with Crippen molar-refractivity contribution in [2.24, 2.45) is 10.8 Å². The zero-order chi connectivity index (χ0) is 10.2. The molecule has 1 N–H and O–H groups in total. The summed E-state index contributed by atoms with van der Waals surface area (Å²) in [5.41, 5.74) is 0.540. The van der Waals surface area contributed by atoms with Crippen LogP contribution in [0, 0.1) is 10.8 Å². The summed E-state index contributed by atoms with van der Waals surface area (Å²) in [5, 5.41) is 10.6. The van der Waals surface area contributed by atoms with E-state index >= 15 is 0 Å². The second kappa shape index (κ2) is 2.34. The fraction of sp³-hybridized carbons (Fsp3) is 1.00. The summed E-state index contributed by atoms with van der Waals surface area (Å²) in [4.78, 5) is 0. The van der Waals surface area contributed by atoms with Gasteiger partial charge >= 0.3 is 0 Å². The molecule has 2 atom stereocenters. The van der Waals surface area contributed by atoms with Gasteiger partial charge in [-0.05, 0) is 49.4 Å². The van der Waals surface area contributed by atoms with Gasteiger partial charge in [0.05, 0.1) is 5.60 Å². The van der Waals surface area contributed by atoms with E-state index in [9.17, 15) is 5.11 Å². The van der Waals surface area contributed by atoms with E-state index in [1.54, 1.807) is 0 Å². The number of rotatable bonds is 0. The average molecular weight is 306 g/mol. The standard InChI is InChI=1S/C12H19IO/c1-9-3-10(2)5-11(13,4-9)8-12(14,6-9)7-10/h14H,3-8H2,1-2H3. The highest BCUT2D eigenvalue weighted by molar-refractivity contribution is 14.1. The molecule has 0 aromatic heterocycles. The third-order valence-corrected chi connectivity index (χ3v) is 5.64. The highest BCUT2D eigenvalue weighted by Gasteiger charge is 2.64. The average Bonchev–Trinajstić information content (AvgIpc) is 1.67. The van der Waals surface area contributed by atoms with Crippen LogP contribution in [0.15, 0.2) is 0 Å². The summed E-state index contributed by atoms with van der Waals surface area (Å²) in [6, 6.07) is 0. The van der Waals surface area contributed by atoms with Crippen LogP contribution in [0.5, 0.6) is 0 Å². The predicted octanol–water partition coefficient (Wildman–Crippen LogP) is 3.29. The highest BCUT2D eigenvalue weighted by atomic mass is 127. The maximum absolute atomic E-state index is 10.6. The van der Waals surface area contributed by atoms with Gasteiger partial charge in [0, 0.05) is 3.42 Å².